The molecule has 2 nitrogen and oxygen atoms in total. The van der Waals surface area contributed by atoms with Crippen molar-refractivity contribution in [3.8, 4) is 0 Å². The van der Waals surface area contributed by atoms with E-state index in [1.54, 1.807) is 6.20 Å². The molecule has 0 N–H and O–H groups in total. The summed E-state index contributed by atoms with van der Waals surface area (Å²) in [4.78, 5) is 12.1. The maximum atomic E-state index is 12.7. The molecular weight excluding hydrogens is 303 g/mol. The van der Waals surface area contributed by atoms with Gasteiger partial charge < -0.3 is 0 Å². The fourth-order valence-corrected chi connectivity index (χ4v) is 2.10. The molecule has 0 aliphatic rings. The Kier molecular flexibility index (Phi) is 4.71. The zero-order valence-electron chi connectivity index (χ0n) is 12.8. The lowest BCUT2D eigenvalue weighted by Crippen LogP contribution is -2.33. The largest absolute Gasteiger partial charge is 0.416 e. The second kappa shape index (κ2) is 6.38. The number of carbonyl (C=O) groups is 1. The van der Waals surface area contributed by atoms with Crippen molar-refractivity contribution in [2.24, 2.45) is 0 Å². The predicted octanol–water partition coefficient (Wildman–Crippen LogP) is 4.67. The number of rotatable bonds is 4. The van der Waals surface area contributed by atoms with E-state index < -0.39 is 17.5 Å². The third-order valence-electron chi connectivity index (χ3n) is 3.49. The van der Waals surface area contributed by atoms with Crippen LogP contribution in [0, 0.1) is 0 Å². The fourth-order valence-electron chi connectivity index (χ4n) is 2.10. The van der Waals surface area contributed by atoms with Gasteiger partial charge in [0.25, 0.3) is 0 Å². The number of hydrogen-bond donors (Lipinski definition) is 0. The Morgan fingerprint density at radius 1 is 1.00 bits per heavy atom. The summed E-state index contributed by atoms with van der Waals surface area (Å²) in [6, 6.07) is 13.9. The number of allylic oxidation sites excluding steroid dienone is 1. The number of para-hydroxylation sites is 1. The van der Waals surface area contributed by atoms with Gasteiger partial charge in [-0.3, -0.25) is 9.28 Å². The van der Waals surface area contributed by atoms with Crippen LogP contribution in [0.3, 0.4) is 0 Å². The number of alkyl halides is 3. The van der Waals surface area contributed by atoms with Crippen LogP contribution in [0.25, 0.3) is 0 Å². The molecule has 0 radical (unpaired) electrons. The van der Waals surface area contributed by atoms with Gasteiger partial charge in [-0.25, -0.2) is 0 Å². The van der Waals surface area contributed by atoms with E-state index >= 15 is 0 Å². The Hall–Kier alpha value is -2.40. The number of hydrogen-bond acceptors (Lipinski definition) is 1. The monoisotopic (exact) mass is 320 g/mol. The molecule has 0 aliphatic carbocycles. The van der Waals surface area contributed by atoms with Gasteiger partial charge in [0.2, 0.25) is 0 Å². The highest BCUT2D eigenvalue weighted by atomic mass is 19.4. The Balaban J connectivity index is 2.22. The van der Waals surface area contributed by atoms with Gasteiger partial charge in [-0.05, 0) is 24.3 Å². The molecule has 0 spiro atoms. The van der Waals surface area contributed by atoms with E-state index in [4.69, 9.17) is 0 Å². The third-order valence-corrected chi connectivity index (χ3v) is 3.49. The first kappa shape index (κ1) is 17.0. The number of nitrogens with zero attached hydrogens (tertiary/aromatic N) is 1. The summed E-state index contributed by atoms with van der Waals surface area (Å²) in [5.41, 5.74) is 0.151. The van der Waals surface area contributed by atoms with Crippen molar-refractivity contribution < 1.29 is 18.0 Å². The Labute approximate surface area is 133 Å². The first-order valence-electron chi connectivity index (χ1n) is 7.00. The minimum Gasteiger partial charge on any atom is -0.289 e. The Morgan fingerprint density at radius 2 is 1.65 bits per heavy atom. The van der Waals surface area contributed by atoms with E-state index in [9.17, 15) is 18.0 Å². The second-order valence-electron chi connectivity index (χ2n) is 5.63. The van der Waals surface area contributed by atoms with Crippen molar-refractivity contribution in [1.82, 2.24) is 4.48 Å². The highest BCUT2D eigenvalue weighted by Gasteiger charge is 2.30. The van der Waals surface area contributed by atoms with Gasteiger partial charge in [0.1, 0.15) is 11.9 Å². The SMILES string of the molecule is C[N+](C)(C=CC(=O)c1cccc(C(F)(F)F)c1)c1ccccc1. The van der Waals surface area contributed by atoms with Crippen molar-refractivity contribution in [3.05, 3.63) is 78.0 Å². The minimum absolute atomic E-state index is 0.0177. The van der Waals surface area contributed by atoms with Crippen molar-refractivity contribution in [2.75, 3.05) is 14.1 Å². The van der Waals surface area contributed by atoms with Crippen molar-refractivity contribution >= 4 is 11.5 Å². The third kappa shape index (κ3) is 4.29. The highest BCUT2D eigenvalue weighted by Crippen LogP contribution is 2.29. The quantitative estimate of drug-likeness (QED) is 0.454. The summed E-state index contributed by atoms with van der Waals surface area (Å²) < 4.78 is 38.4. The van der Waals surface area contributed by atoms with Gasteiger partial charge in [0, 0.05) is 11.6 Å². The smallest absolute Gasteiger partial charge is 0.289 e. The van der Waals surface area contributed by atoms with Gasteiger partial charge in [-0.15, -0.1) is 0 Å². The van der Waals surface area contributed by atoms with Crippen LogP contribution in [0.4, 0.5) is 18.9 Å². The number of halogens is 3. The van der Waals surface area contributed by atoms with E-state index in [-0.39, 0.29) is 5.56 Å². The zero-order chi connectivity index (χ0) is 17.1. The second-order valence-corrected chi connectivity index (χ2v) is 5.63. The Bertz CT molecular complexity index is 719. The lowest BCUT2D eigenvalue weighted by molar-refractivity contribution is -0.137. The molecule has 0 bridgehead atoms. The topological polar surface area (TPSA) is 17.1 Å². The average Bonchev–Trinajstić information content (AvgIpc) is 2.53. The molecule has 0 aromatic heterocycles. The molecule has 120 valence electrons. The van der Waals surface area contributed by atoms with Gasteiger partial charge in [0.05, 0.1) is 19.7 Å². The van der Waals surface area contributed by atoms with Crippen LogP contribution in [0.1, 0.15) is 15.9 Å². The van der Waals surface area contributed by atoms with Crippen LogP contribution in [0.5, 0.6) is 0 Å². The lowest BCUT2D eigenvalue weighted by Gasteiger charge is -2.24. The normalized spacial score (nSPS) is 12.6. The number of ketones is 1. The van der Waals surface area contributed by atoms with Crippen LogP contribution in [0.2, 0.25) is 0 Å². The molecule has 5 heteroatoms. The molecular formula is C18H17F3NO+. The van der Waals surface area contributed by atoms with Crippen LogP contribution in [-0.4, -0.2) is 19.9 Å². The summed E-state index contributed by atoms with van der Waals surface area (Å²) in [6.07, 6.45) is -1.50. The standard InChI is InChI=1S/C18H17F3NO/c1-22(2,16-9-4-3-5-10-16)12-11-17(23)14-7-6-8-15(13-14)18(19,20)21/h3-13H,1-2H3/q+1. The molecule has 0 atom stereocenters. The van der Waals surface area contributed by atoms with Crippen LogP contribution in [-0.2, 0) is 6.18 Å². The zero-order valence-corrected chi connectivity index (χ0v) is 12.8. The molecule has 2 rings (SSSR count). The van der Waals surface area contributed by atoms with Crippen molar-refractivity contribution in [2.45, 2.75) is 6.18 Å². The molecule has 0 saturated carbocycles. The first-order valence-corrected chi connectivity index (χ1v) is 7.00. The van der Waals surface area contributed by atoms with Crippen LogP contribution < -0.4 is 4.48 Å². The number of quaternary nitrogens is 1. The van der Waals surface area contributed by atoms with E-state index in [0.29, 0.717) is 4.48 Å². The van der Waals surface area contributed by atoms with E-state index in [1.807, 2.05) is 44.4 Å². The number of benzene rings is 2. The fraction of sp³-hybridized carbons (Fsp3) is 0.167. The predicted molar refractivity (Wildman–Crippen MR) is 85.0 cm³/mol. The molecule has 0 aliphatic heterocycles. The first-order chi connectivity index (χ1) is 10.7. The maximum Gasteiger partial charge on any atom is 0.416 e. The van der Waals surface area contributed by atoms with Crippen molar-refractivity contribution in [1.29, 1.82) is 0 Å². The van der Waals surface area contributed by atoms with E-state index in [2.05, 4.69) is 0 Å². The summed E-state index contributed by atoms with van der Waals surface area (Å²) in [5.74, 6) is -0.460. The van der Waals surface area contributed by atoms with Gasteiger partial charge in [-0.2, -0.15) is 13.2 Å². The van der Waals surface area contributed by atoms with Gasteiger partial charge in [0.15, 0.2) is 5.78 Å². The van der Waals surface area contributed by atoms with Crippen LogP contribution >= 0.6 is 0 Å². The molecule has 0 heterocycles. The molecule has 0 amide bonds. The molecule has 0 fully saturated rings. The number of carbonyl (C=O) groups excluding carboxylic acids is 1. The molecule has 0 saturated heterocycles. The van der Waals surface area contributed by atoms with Crippen molar-refractivity contribution in [3.63, 3.8) is 0 Å². The molecule has 23 heavy (non-hydrogen) atoms. The summed E-state index contributed by atoms with van der Waals surface area (Å²) >= 11 is 0. The lowest BCUT2D eigenvalue weighted by atomic mass is 10.1. The van der Waals surface area contributed by atoms with Gasteiger partial charge >= 0.3 is 6.18 Å². The summed E-state index contributed by atoms with van der Waals surface area (Å²) in [6.45, 7) is 0. The van der Waals surface area contributed by atoms with Crippen LogP contribution in [0.15, 0.2) is 66.9 Å². The molecule has 0 unspecified atom stereocenters. The molecule has 2 aromatic rings. The van der Waals surface area contributed by atoms with Gasteiger partial charge in [-0.1, -0.05) is 30.3 Å². The minimum atomic E-state index is -4.46. The summed E-state index contributed by atoms with van der Waals surface area (Å²) in [5, 5.41) is 0. The highest BCUT2D eigenvalue weighted by molar-refractivity contribution is 6.04. The average molecular weight is 320 g/mol. The maximum absolute atomic E-state index is 12.7. The summed E-state index contributed by atoms with van der Waals surface area (Å²) in [7, 11) is 3.76. The van der Waals surface area contributed by atoms with E-state index in [0.717, 1.165) is 17.8 Å². The molecule has 2 aromatic carbocycles. The van der Waals surface area contributed by atoms with E-state index in [1.165, 1.54) is 18.2 Å². The Morgan fingerprint density at radius 3 is 2.26 bits per heavy atom.